The lowest BCUT2D eigenvalue weighted by Gasteiger charge is -2.17. The van der Waals surface area contributed by atoms with Crippen molar-refractivity contribution in [3.05, 3.63) is 21.5 Å². The minimum Gasteiger partial charge on any atom is -0.299 e. The van der Waals surface area contributed by atoms with Crippen LogP contribution in [0.5, 0.6) is 0 Å². The molecule has 106 valence electrons. The van der Waals surface area contributed by atoms with E-state index in [0.29, 0.717) is 17.8 Å². The van der Waals surface area contributed by atoms with E-state index in [1.807, 2.05) is 20.8 Å². The first kappa shape index (κ1) is 15.3. The number of rotatable bonds is 6. The van der Waals surface area contributed by atoms with Gasteiger partial charge in [-0.1, -0.05) is 27.2 Å². The van der Waals surface area contributed by atoms with E-state index >= 15 is 0 Å². The van der Waals surface area contributed by atoms with Crippen LogP contribution in [-0.4, -0.2) is 20.5 Å². The van der Waals surface area contributed by atoms with Gasteiger partial charge in [-0.05, 0) is 19.3 Å². The van der Waals surface area contributed by atoms with Crippen molar-refractivity contribution >= 4 is 11.5 Å². The molecule has 6 nitrogen and oxygen atoms in total. The van der Waals surface area contributed by atoms with Crippen molar-refractivity contribution in [3.63, 3.8) is 0 Å². The molecule has 0 aliphatic heterocycles. The van der Waals surface area contributed by atoms with Crippen molar-refractivity contribution in [1.29, 1.82) is 0 Å². The lowest BCUT2D eigenvalue weighted by atomic mass is 9.88. The number of nitro groups is 1. The smallest absolute Gasteiger partial charge is 0.299 e. The summed E-state index contributed by atoms with van der Waals surface area (Å²) < 4.78 is 1.50. The molecule has 1 aromatic rings. The van der Waals surface area contributed by atoms with Gasteiger partial charge in [0.2, 0.25) is 0 Å². The van der Waals surface area contributed by atoms with Crippen molar-refractivity contribution in [2.45, 2.75) is 46.5 Å². The second-order valence-corrected chi connectivity index (χ2v) is 5.14. The first-order chi connectivity index (χ1) is 8.81. The van der Waals surface area contributed by atoms with Crippen molar-refractivity contribution in [3.8, 4) is 0 Å². The summed E-state index contributed by atoms with van der Waals surface area (Å²) in [4.78, 5) is 22.7. The van der Waals surface area contributed by atoms with E-state index in [0.717, 1.165) is 6.42 Å². The molecular formula is C13H21N3O3. The van der Waals surface area contributed by atoms with Crippen LogP contribution in [0.25, 0.3) is 0 Å². The minimum atomic E-state index is -0.483. The molecule has 1 aromatic heterocycles. The first-order valence-corrected chi connectivity index (χ1v) is 6.51. The molecule has 0 aliphatic rings. The summed E-state index contributed by atoms with van der Waals surface area (Å²) in [5.41, 5.74) is 0.908. The Morgan fingerprint density at radius 2 is 2.05 bits per heavy atom. The molecule has 19 heavy (non-hydrogen) atoms. The summed E-state index contributed by atoms with van der Waals surface area (Å²) in [6.07, 6.45) is 1.33. The number of carbonyl (C=O) groups excluding carboxylic acids is 1. The molecule has 0 spiro atoms. The van der Waals surface area contributed by atoms with Crippen LogP contribution in [0.15, 0.2) is 0 Å². The molecule has 0 aromatic carbocycles. The average molecular weight is 267 g/mol. The summed E-state index contributed by atoms with van der Waals surface area (Å²) in [6.45, 7) is 7.20. The van der Waals surface area contributed by atoms with E-state index in [1.165, 1.54) is 11.6 Å². The Balaban J connectivity index is 3.48. The van der Waals surface area contributed by atoms with Crippen molar-refractivity contribution < 1.29 is 9.72 Å². The normalized spacial score (nSPS) is 12.7. The van der Waals surface area contributed by atoms with Gasteiger partial charge >= 0.3 is 5.69 Å². The van der Waals surface area contributed by atoms with Crippen molar-refractivity contribution in [2.24, 2.45) is 13.0 Å². The monoisotopic (exact) mass is 267 g/mol. The number of hydrogen-bond donors (Lipinski definition) is 0. The maximum atomic E-state index is 11.8. The summed E-state index contributed by atoms with van der Waals surface area (Å²) in [7, 11) is 1.67. The lowest BCUT2D eigenvalue weighted by molar-refractivity contribution is -0.386. The number of nitrogens with zero attached hydrogens (tertiary/aromatic N) is 3. The van der Waals surface area contributed by atoms with E-state index in [4.69, 9.17) is 0 Å². The minimum absolute atomic E-state index is 0.000997. The SMILES string of the molecule is CCCc1nn(C)c(C(C(C)=O)C(C)C)c1[N+](=O)[O-]. The van der Waals surface area contributed by atoms with Gasteiger partial charge in [-0.15, -0.1) is 0 Å². The summed E-state index contributed by atoms with van der Waals surface area (Å²) in [5.74, 6) is -0.547. The van der Waals surface area contributed by atoms with Crippen molar-refractivity contribution in [2.75, 3.05) is 0 Å². The average Bonchev–Trinajstić information content (AvgIpc) is 2.55. The van der Waals surface area contributed by atoms with Crippen LogP contribution in [0.3, 0.4) is 0 Å². The van der Waals surface area contributed by atoms with Crippen molar-refractivity contribution in [1.82, 2.24) is 9.78 Å². The quantitative estimate of drug-likeness (QED) is 0.586. The molecule has 0 amide bonds. The van der Waals surface area contributed by atoms with Gasteiger partial charge < -0.3 is 0 Å². The first-order valence-electron chi connectivity index (χ1n) is 6.51. The van der Waals surface area contributed by atoms with E-state index in [9.17, 15) is 14.9 Å². The van der Waals surface area contributed by atoms with Crippen LogP contribution < -0.4 is 0 Å². The largest absolute Gasteiger partial charge is 0.314 e. The molecule has 0 saturated carbocycles. The molecule has 1 heterocycles. The number of aromatic nitrogens is 2. The van der Waals surface area contributed by atoms with Gasteiger partial charge in [-0.25, -0.2) is 0 Å². The van der Waals surface area contributed by atoms with Crippen LogP contribution in [0.2, 0.25) is 0 Å². The Morgan fingerprint density at radius 3 is 2.42 bits per heavy atom. The fraction of sp³-hybridized carbons (Fsp3) is 0.692. The zero-order valence-corrected chi connectivity index (χ0v) is 12.1. The number of ketones is 1. The number of carbonyl (C=O) groups is 1. The lowest BCUT2D eigenvalue weighted by Crippen LogP contribution is -2.19. The molecule has 0 aliphatic carbocycles. The Bertz CT molecular complexity index is 492. The van der Waals surface area contributed by atoms with E-state index in [2.05, 4.69) is 5.10 Å². The number of aryl methyl sites for hydroxylation is 2. The van der Waals surface area contributed by atoms with Crippen LogP contribution in [-0.2, 0) is 18.3 Å². The molecule has 0 fully saturated rings. The van der Waals surface area contributed by atoms with Crippen LogP contribution >= 0.6 is 0 Å². The van der Waals surface area contributed by atoms with E-state index < -0.39 is 10.8 Å². The highest BCUT2D eigenvalue weighted by Crippen LogP contribution is 2.35. The second kappa shape index (κ2) is 5.95. The molecule has 1 atom stereocenters. The Kier molecular flexibility index (Phi) is 4.80. The maximum Gasteiger partial charge on any atom is 0.314 e. The van der Waals surface area contributed by atoms with Gasteiger partial charge in [-0.3, -0.25) is 19.6 Å². The summed E-state index contributed by atoms with van der Waals surface area (Å²) in [6, 6.07) is 0. The van der Waals surface area contributed by atoms with Gasteiger partial charge in [0.15, 0.2) is 0 Å². The third-order valence-corrected chi connectivity index (χ3v) is 3.20. The fourth-order valence-electron chi connectivity index (χ4n) is 2.51. The van der Waals surface area contributed by atoms with E-state index in [-0.39, 0.29) is 17.4 Å². The molecule has 1 unspecified atom stereocenters. The highest BCUT2D eigenvalue weighted by Gasteiger charge is 2.35. The molecule has 0 saturated heterocycles. The Morgan fingerprint density at radius 1 is 1.47 bits per heavy atom. The highest BCUT2D eigenvalue weighted by atomic mass is 16.6. The molecule has 1 rings (SSSR count). The fourth-order valence-corrected chi connectivity index (χ4v) is 2.51. The van der Waals surface area contributed by atoms with Gasteiger partial charge in [0, 0.05) is 7.05 Å². The molecule has 0 radical (unpaired) electrons. The zero-order valence-electron chi connectivity index (χ0n) is 12.1. The van der Waals surface area contributed by atoms with Gasteiger partial charge in [0.25, 0.3) is 0 Å². The number of hydrogen-bond acceptors (Lipinski definition) is 4. The predicted octanol–water partition coefficient (Wildman–Crippen LogP) is 2.61. The molecule has 0 N–H and O–H groups in total. The predicted molar refractivity (Wildman–Crippen MR) is 72.1 cm³/mol. The molecule has 0 bridgehead atoms. The standard InChI is InChI=1S/C13H21N3O3/c1-6-7-10-12(16(18)19)13(15(5)14-10)11(8(2)3)9(4)17/h8,11H,6-7H2,1-5H3. The summed E-state index contributed by atoms with van der Waals surface area (Å²) in [5, 5.41) is 15.6. The maximum absolute atomic E-state index is 11.8. The summed E-state index contributed by atoms with van der Waals surface area (Å²) >= 11 is 0. The topological polar surface area (TPSA) is 78.0 Å². The Hall–Kier alpha value is -1.72. The van der Waals surface area contributed by atoms with E-state index in [1.54, 1.807) is 7.05 Å². The highest BCUT2D eigenvalue weighted by molar-refractivity contribution is 5.84. The van der Waals surface area contributed by atoms with Crippen LogP contribution in [0, 0.1) is 16.0 Å². The van der Waals surface area contributed by atoms with Gasteiger partial charge in [0.1, 0.15) is 17.2 Å². The Labute approximate surface area is 113 Å². The van der Waals surface area contributed by atoms with Crippen LogP contribution in [0.4, 0.5) is 5.69 Å². The molecular weight excluding hydrogens is 246 g/mol. The number of Topliss-reactive ketones (excluding diaryl/α,β-unsaturated/α-hetero) is 1. The second-order valence-electron chi connectivity index (χ2n) is 5.14. The van der Waals surface area contributed by atoms with Crippen LogP contribution in [0.1, 0.15) is 51.4 Å². The third-order valence-electron chi connectivity index (χ3n) is 3.20. The zero-order chi connectivity index (χ0) is 14.7. The third kappa shape index (κ3) is 3.00. The molecule has 6 heteroatoms. The van der Waals surface area contributed by atoms with Gasteiger partial charge in [-0.2, -0.15) is 5.10 Å². The van der Waals surface area contributed by atoms with Gasteiger partial charge in [0.05, 0.1) is 10.8 Å².